The second-order valence-electron chi connectivity index (χ2n) is 5.44. The molecular weight excluding hydrogens is 206 g/mol. The monoisotopic (exact) mass is 223 g/mol. The van der Waals surface area contributed by atoms with Gasteiger partial charge in [0.25, 0.3) is 0 Å². The molecule has 0 N–H and O–H groups in total. The van der Waals surface area contributed by atoms with Crippen LogP contribution in [0.2, 0.25) is 0 Å². The Morgan fingerprint density at radius 2 is 1.94 bits per heavy atom. The van der Waals surface area contributed by atoms with Crippen LogP contribution < -0.4 is 4.90 Å². The van der Waals surface area contributed by atoms with Gasteiger partial charge in [0.1, 0.15) is 0 Å². The smallest absolute Gasteiger partial charge is 0.0369 e. The Balaban J connectivity index is 1.63. The zero-order valence-corrected chi connectivity index (χ0v) is 9.92. The van der Waals surface area contributed by atoms with Crippen molar-refractivity contribution < 1.29 is 0 Å². The van der Waals surface area contributed by atoms with Gasteiger partial charge in [0.2, 0.25) is 0 Å². The van der Waals surface area contributed by atoms with Crippen LogP contribution in [0.1, 0.15) is 6.42 Å². The van der Waals surface area contributed by atoms with Crippen molar-refractivity contribution in [1.29, 1.82) is 0 Å². The molecule has 1 fully saturated rings. The topological polar surface area (TPSA) is 3.24 Å². The minimum Gasteiger partial charge on any atom is -0.367 e. The molecule has 1 aromatic carbocycles. The number of para-hydroxylation sites is 1. The molecule has 1 aromatic rings. The fraction of sp³-hybridized carbons (Fsp3) is 0.375. The molecule has 0 radical (unpaired) electrons. The van der Waals surface area contributed by atoms with Crippen LogP contribution in [0, 0.1) is 17.8 Å². The summed E-state index contributed by atoms with van der Waals surface area (Å²) in [7, 11) is 0. The Bertz CT molecular complexity index is 486. The lowest BCUT2D eigenvalue weighted by atomic mass is 9.85. The number of allylic oxidation sites excluding steroid dienone is 2. The first-order chi connectivity index (χ1) is 8.42. The number of hydrogen-bond acceptors (Lipinski definition) is 1. The second kappa shape index (κ2) is 3.49. The third kappa shape index (κ3) is 1.38. The van der Waals surface area contributed by atoms with Gasteiger partial charge in [0.15, 0.2) is 0 Å². The van der Waals surface area contributed by atoms with E-state index in [9.17, 15) is 0 Å². The van der Waals surface area contributed by atoms with E-state index in [4.69, 9.17) is 0 Å². The van der Waals surface area contributed by atoms with Gasteiger partial charge in [-0.25, -0.2) is 0 Å². The predicted molar refractivity (Wildman–Crippen MR) is 71.0 cm³/mol. The molecule has 17 heavy (non-hydrogen) atoms. The van der Waals surface area contributed by atoms with Gasteiger partial charge in [-0.15, -0.1) is 0 Å². The molecule has 0 unspecified atom stereocenters. The molecule has 4 rings (SSSR count). The standard InChI is InChI=1S/C16H17N/c1-2-4-14(5-3-1)17-9-8-15-12-6-7-13(10-12)16(15)11-17/h1-8,12-13,16H,9-11H2/t12-,13+,16+/m1/s1. The molecule has 0 aromatic heterocycles. The van der Waals surface area contributed by atoms with Crippen LogP contribution in [0.4, 0.5) is 5.69 Å². The summed E-state index contributed by atoms with van der Waals surface area (Å²) in [6.07, 6.45) is 8.72. The highest BCUT2D eigenvalue weighted by Gasteiger charge is 2.42. The summed E-state index contributed by atoms with van der Waals surface area (Å²) < 4.78 is 0. The lowest BCUT2D eigenvalue weighted by Gasteiger charge is -2.35. The van der Waals surface area contributed by atoms with Crippen LogP contribution in [0.5, 0.6) is 0 Å². The molecule has 86 valence electrons. The fourth-order valence-corrected chi connectivity index (χ4v) is 3.72. The zero-order valence-electron chi connectivity index (χ0n) is 9.92. The molecule has 1 nitrogen and oxygen atoms in total. The van der Waals surface area contributed by atoms with Crippen molar-refractivity contribution in [2.75, 3.05) is 18.0 Å². The van der Waals surface area contributed by atoms with Gasteiger partial charge in [-0.2, -0.15) is 0 Å². The van der Waals surface area contributed by atoms with E-state index >= 15 is 0 Å². The van der Waals surface area contributed by atoms with Crippen LogP contribution in [-0.2, 0) is 0 Å². The lowest BCUT2D eigenvalue weighted by molar-refractivity contribution is 0.494. The summed E-state index contributed by atoms with van der Waals surface area (Å²) in [4.78, 5) is 2.52. The molecule has 1 aliphatic heterocycles. The number of fused-ring (bicyclic) bond motifs is 5. The average molecular weight is 223 g/mol. The summed E-state index contributed by atoms with van der Waals surface area (Å²) in [5, 5.41) is 0. The van der Waals surface area contributed by atoms with Crippen molar-refractivity contribution in [1.82, 2.24) is 0 Å². The Hall–Kier alpha value is -1.50. The fourth-order valence-electron chi connectivity index (χ4n) is 3.72. The normalized spacial score (nSPS) is 33.8. The molecule has 0 amide bonds. The number of hydrogen-bond donors (Lipinski definition) is 0. The van der Waals surface area contributed by atoms with Gasteiger partial charge < -0.3 is 4.90 Å². The molecule has 0 saturated heterocycles. The molecule has 3 atom stereocenters. The third-order valence-corrected chi connectivity index (χ3v) is 4.58. The number of rotatable bonds is 1. The highest BCUT2D eigenvalue weighted by molar-refractivity contribution is 5.50. The van der Waals surface area contributed by atoms with Gasteiger partial charge in [-0.05, 0) is 30.4 Å². The van der Waals surface area contributed by atoms with E-state index in [2.05, 4.69) is 53.5 Å². The SMILES string of the molecule is C1=C[C@H]2C[C@@H]1C1=CCN(c3ccccc3)C[C@H]12. The molecule has 1 heterocycles. The molecular formula is C16H17N. The minimum absolute atomic E-state index is 0.780. The highest BCUT2D eigenvalue weighted by Crippen LogP contribution is 2.49. The van der Waals surface area contributed by atoms with Crippen molar-refractivity contribution in [2.45, 2.75) is 6.42 Å². The van der Waals surface area contributed by atoms with Gasteiger partial charge in [0.05, 0.1) is 0 Å². The number of benzene rings is 1. The van der Waals surface area contributed by atoms with E-state index in [-0.39, 0.29) is 0 Å². The van der Waals surface area contributed by atoms with Gasteiger partial charge >= 0.3 is 0 Å². The number of anilines is 1. The summed E-state index contributed by atoms with van der Waals surface area (Å²) in [6, 6.07) is 10.8. The first-order valence-electron chi connectivity index (χ1n) is 6.60. The summed E-state index contributed by atoms with van der Waals surface area (Å²) >= 11 is 0. The van der Waals surface area contributed by atoms with E-state index in [1.165, 1.54) is 18.7 Å². The first kappa shape index (κ1) is 9.52. The Morgan fingerprint density at radius 3 is 2.82 bits per heavy atom. The molecule has 0 spiro atoms. The summed E-state index contributed by atoms with van der Waals surface area (Å²) in [5.41, 5.74) is 3.10. The zero-order chi connectivity index (χ0) is 11.2. The quantitative estimate of drug-likeness (QED) is 0.661. The van der Waals surface area contributed by atoms with E-state index in [1.54, 1.807) is 5.57 Å². The molecule has 3 aliphatic rings. The van der Waals surface area contributed by atoms with E-state index in [1.807, 2.05) is 0 Å². The maximum absolute atomic E-state index is 2.52. The molecule has 1 heteroatoms. The molecule has 2 bridgehead atoms. The van der Waals surface area contributed by atoms with Crippen molar-refractivity contribution in [3.05, 3.63) is 54.1 Å². The van der Waals surface area contributed by atoms with Crippen molar-refractivity contribution in [3.8, 4) is 0 Å². The maximum Gasteiger partial charge on any atom is 0.0369 e. The van der Waals surface area contributed by atoms with Gasteiger partial charge in [-0.1, -0.05) is 42.0 Å². The van der Waals surface area contributed by atoms with Crippen LogP contribution in [0.15, 0.2) is 54.1 Å². The van der Waals surface area contributed by atoms with Crippen molar-refractivity contribution >= 4 is 5.69 Å². The van der Waals surface area contributed by atoms with Crippen LogP contribution in [-0.4, -0.2) is 13.1 Å². The maximum atomic E-state index is 2.52. The summed E-state index contributed by atoms with van der Waals surface area (Å²) in [5.74, 6) is 2.39. The van der Waals surface area contributed by atoms with E-state index in [0.29, 0.717) is 0 Å². The molecule has 2 aliphatic carbocycles. The van der Waals surface area contributed by atoms with Crippen LogP contribution in [0.3, 0.4) is 0 Å². The lowest BCUT2D eigenvalue weighted by Crippen LogP contribution is -2.36. The second-order valence-corrected chi connectivity index (χ2v) is 5.44. The Kier molecular flexibility index (Phi) is 1.96. The predicted octanol–water partition coefficient (Wildman–Crippen LogP) is 3.26. The third-order valence-electron chi connectivity index (χ3n) is 4.58. The van der Waals surface area contributed by atoms with Crippen molar-refractivity contribution in [2.24, 2.45) is 17.8 Å². The van der Waals surface area contributed by atoms with Crippen molar-refractivity contribution in [3.63, 3.8) is 0 Å². The largest absolute Gasteiger partial charge is 0.367 e. The van der Waals surface area contributed by atoms with E-state index in [0.717, 1.165) is 24.3 Å². The van der Waals surface area contributed by atoms with Crippen LogP contribution >= 0.6 is 0 Å². The van der Waals surface area contributed by atoms with Gasteiger partial charge in [-0.3, -0.25) is 0 Å². The minimum atomic E-state index is 0.780. The Morgan fingerprint density at radius 1 is 1.06 bits per heavy atom. The summed E-state index contributed by atoms with van der Waals surface area (Å²) in [6.45, 7) is 2.30. The Labute approximate surface area is 102 Å². The van der Waals surface area contributed by atoms with Gasteiger partial charge in [0, 0.05) is 24.7 Å². The first-order valence-corrected chi connectivity index (χ1v) is 6.60. The highest BCUT2D eigenvalue weighted by atomic mass is 15.1. The van der Waals surface area contributed by atoms with Crippen LogP contribution in [0.25, 0.3) is 0 Å². The average Bonchev–Trinajstić information content (AvgIpc) is 3.01. The van der Waals surface area contributed by atoms with E-state index < -0.39 is 0 Å². The molecule has 1 saturated carbocycles. The number of nitrogens with zero attached hydrogens (tertiary/aromatic N) is 1.